The number of esters is 1. The number of phenolic OH excluding ortho intramolecular Hbond substituents is 1. The molecule has 29 heavy (non-hydrogen) atoms. The van der Waals surface area contributed by atoms with Crippen molar-refractivity contribution in [2.75, 3.05) is 44.7 Å². The molecule has 2 N–H and O–H groups in total. The van der Waals surface area contributed by atoms with Crippen LogP contribution in [-0.4, -0.2) is 67.8 Å². The smallest absolute Gasteiger partial charge is 0.328 e. The minimum atomic E-state index is -0.711. The van der Waals surface area contributed by atoms with E-state index in [9.17, 15) is 14.7 Å². The van der Waals surface area contributed by atoms with E-state index < -0.39 is 12.0 Å². The van der Waals surface area contributed by atoms with Gasteiger partial charge in [-0.25, -0.2) is 4.79 Å². The van der Waals surface area contributed by atoms with Crippen LogP contribution < -0.4 is 10.2 Å². The van der Waals surface area contributed by atoms with Crippen LogP contribution in [0.5, 0.6) is 5.75 Å². The molecule has 2 aromatic carbocycles. The van der Waals surface area contributed by atoms with Gasteiger partial charge in [0.15, 0.2) is 0 Å². The molecule has 1 aliphatic heterocycles. The molecule has 0 spiro atoms. The molecule has 1 saturated heterocycles. The first kappa shape index (κ1) is 20.7. The monoisotopic (exact) mass is 397 g/mol. The second-order valence-electron chi connectivity index (χ2n) is 7.08. The molecule has 0 aromatic heterocycles. The summed E-state index contributed by atoms with van der Waals surface area (Å²) in [4.78, 5) is 28.8. The molecule has 2 aromatic rings. The molecular weight excluding hydrogens is 370 g/mol. The lowest BCUT2D eigenvalue weighted by atomic mass is 10.1. The number of carbonyl (C=O) groups excluding carboxylic acids is 2. The van der Waals surface area contributed by atoms with Crippen molar-refractivity contribution in [2.45, 2.75) is 12.5 Å². The Bertz CT molecular complexity index is 820. The second kappa shape index (κ2) is 9.93. The van der Waals surface area contributed by atoms with E-state index in [0.717, 1.165) is 24.3 Å². The van der Waals surface area contributed by atoms with Gasteiger partial charge in [-0.05, 0) is 17.7 Å². The summed E-state index contributed by atoms with van der Waals surface area (Å²) in [5.74, 6) is -0.389. The number of phenols is 1. The Kier molecular flexibility index (Phi) is 7.08. The molecule has 1 atom stereocenters. The maximum atomic E-state index is 12.5. The van der Waals surface area contributed by atoms with Crippen molar-refractivity contribution in [3.05, 3.63) is 60.2 Å². The van der Waals surface area contributed by atoms with Crippen LogP contribution in [0.1, 0.15) is 5.56 Å². The van der Waals surface area contributed by atoms with E-state index >= 15 is 0 Å². The van der Waals surface area contributed by atoms with E-state index in [1.54, 1.807) is 12.1 Å². The summed E-state index contributed by atoms with van der Waals surface area (Å²) in [6, 6.07) is 16.1. The zero-order valence-corrected chi connectivity index (χ0v) is 16.6. The van der Waals surface area contributed by atoms with E-state index in [-0.39, 0.29) is 18.2 Å². The van der Waals surface area contributed by atoms with Gasteiger partial charge in [-0.15, -0.1) is 0 Å². The first-order chi connectivity index (χ1) is 14.1. The molecule has 3 rings (SSSR count). The first-order valence-corrected chi connectivity index (χ1v) is 9.73. The van der Waals surface area contributed by atoms with Crippen LogP contribution in [-0.2, 0) is 20.7 Å². The number of hydrogen-bond donors (Lipinski definition) is 2. The van der Waals surface area contributed by atoms with Crippen LogP contribution in [0.25, 0.3) is 0 Å². The van der Waals surface area contributed by atoms with Gasteiger partial charge in [-0.2, -0.15) is 0 Å². The molecule has 0 radical (unpaired) electrons. The van der Waals surface area contributed by atoms with Crippen LogP contribution >= 0.6 is 0 Å². The molecule has 1 heterocycles. The van der Waals surface area contributed by atoms with Gasteiger partial charge >= 0.3 is 5.97 Å². The fourth-order valence-electron chi connectivity index (χ4n) is 3.51. The third-order valence-electron chi connectivity index (χ3n) is 5.07. The Labute approximate surface area is 170 Å². The molecule has 154 valence electrons. The van der Waals surface area contributed by atoms with Crippen LogP contribution in [0.4, 0.5) is 5.69 Å². The van der Waals surface area contributed by atoms with Crippen LogP contribution in [0.2, 0.25) is 0 Å². The zero-order chi connectivity index (χ0) is 20.6. The molecule has 0 unspecified atom stereocenters. The molecule has 0 bridgehead atoms. The number of para-hydroxylation sites is 2. The number of aromatic hydroxyl groups is 1. The summed E-state index contributed by atoms with van der Waals surface area (Å²) in [5.41, 5.74) is 1.77. The van der Waals surface area contributed by atoms with Gasteiger partial charge < -0.3 is 20.1 Å². The van der Waals surface area contributed by atoms with Gasteiger partial charge in [0.25, 0.3) is 0 Å². The zero-order valence-electron chi connectivity index (χ0n) is 16.6. The molecule has 7 heteroatoms. The SMILES string of the molecule is COC(=O)[C@@H](Cc1ccccc1)NC(=O)CN1CCN(c2ccccc2O)CC1. The van der Waals surface area contributed by atoms with Crippen LogP contribution in [0.15, 0.2) is 54.6 Å². The Hall–Kier alpha value is -3.06. The number of carbonyl (C=O) groups is 2. The number of amides is 1. The summed E-state index contributed by atoms with van der Waals surface area (Å²) >= 11 is 0. The van der Waals surface area contributed by atoms with E-state index in [0.29, 0.717) is 19.5 Å². The van der Waals surface area contributed by atoms with Gasteiger partial charge in [0.2, 0.25) is 5.91 Å². The van der Waals surface area contributed by atoms with Gasteiger partial charge in [0.05, 0.1) is 19.3 Å². The summed E-state index contributed by atoms with van der Waals surface area (Å²) in [6.07, 6.45) is 0.389. The fraction of sp³-hybridized carbons (Fsp3) is 0.364. The van der Waals surface area contributed by atoms with Crippen molar-refractivity contribution in [1.82, 2.24) is 10.2 Å². The minimum absolute atomic E-state index is 0.202. The van der Waals surface area contributed by atoms with Crippen molar-refractivity contribution in [1.29, 1.82) is 0 Å². The van der Waals surface area contributed by atoms with Crippen LogP contribution in [0.3, 0.4) is 0 Å². The Morgan fingerprint density at radius 2 is 1.69 bits per heavy atom. The lowest BCUT2D eigenvalue weighted by molar-refractivity contribution is -0.145. The molecule has 1 amide bonds. The molecule has 0 saturated carbocycles. The predicted molar refractivity (Wildman–Crippen MR) is 111 cm³/mol. The van der Waals surface area contributed by atoms with Crippen molar-refractivity contribution >= 4 is 17.6 Å². The number of piperazine rings is 1. The molecule has 1 fully saturated rings. The molecule has 7 nitrogen and oxygen atoms in total. The van der Waals surface area contributed by atoms with Crippen molar-refractivity contribution < 1.29 is 19.4 Å². The molecular formula is C22H27N3O4. The highest BCUT2D eigenvalue weighted by atomic mass is 16.5. The highest BCUT2D eigenvalue weighted by Gasteiger charge is 2.25. The lowest BCUT2D eigenvalue weighted by Crippen LogP contribution is -2.52. The standard InChI is InChI=1S/C22H27N3O4/c1-29-22(28)18(15-17-7-3-2-4-8-17)23-21(27)16-24-11-13-25(14-12-24)19-9-5-6-10-20(19)26/h2-10,18,26H,11-16H2,1H3,(H,23,27)/t18-/m1/s1. The fourth-order valence-corrected chi connectivity index (χ4v) is 3.51. The lowest BCUT2D eigenvalue weighted by Gasteiger charge is -2.36. The maximum absolute atomic E-state index is 12.5. The highest BCUT2D eigenvalue weighted by Crippen LogP contribution is 2.27. The first-order valence-electron chi connectivity index (χ1n) is 9.73. The van der Waals surface area contributed by atoms with E-state index in [1.807, 2.05) is 47.4 Å². The average Bonchev–Trinajstić information content (AvgIpc) is 2.74. The van der Waals surface area contributed by atoms with E-state index in [1.165, 1.54) is 7.11 Å². The molecule has 0 aliphatic carbocycles. The predicted octanol–water partition coefficient (Wildman–Crippen LogP) is 1.41. The molecule has 1 aliphatic rings. The number of rotatable bonds is 7. The largest absolute Gasteiger partial charge is 0.506 e. The van der Waals surface area contributed by atoms with E-state index in [2.05, 4.69) is 10.2 Å². The highest BCUT2D eigenvalue weighted by molar-refractivity contribution is 5.85. The van der Waals surface area contributed by atoms with Crippen molar-refractivity contribution in [3.63, 3.8) is 0 Å². The van der Waals surface area contributed by atoms with Crippen LogP contribution in [0, 0.1) is 0 Å². The summed E-state index contributed by atoms with van der Waals surface area (Å²) in [6.45, 7) is 3.05. The normalized spacial score (nSPS) is 15.6. The Morgan fingerprint density at radius 1 is 1.03 bits per heavy atom. The Balaban J connectivity index is 1.51. The number of ether oxygens (including phenoxy) is 1. The third kappa shape index (κ3) is 5.71. The number of anilines is 1. The second-order valence-corrected chi connectivity index (χ2v) is 7.08. The number of nitrogens with zero attached hydrogens (tertiary/aromatic N) is 2. The Morgan fingerprint density at radius 3 is 2.34 bits per heavy atom. The average molecular weight is 397 g/mol. The van der Waals surface area contributed by atoms with Gasteiger partial charge in [0.1, 0.15) is 11.8 Å². The summed E-state index contributed by atoms with van der Waals surface area (Å²) in [7, 11) is 1.32. The number of nitrogens with one attached hydrogen (secondary N) is 1. The maximum Gasteiger partial charge on any atom is 0.328 e. The topological polar surface area (TPSA) is 82.1 Å². The number of hydrogen-bond acceptors (Lipinski definition) is 6. The quantitative estimate of drug-likeness (QED) is 0.688. The van der Waals surface area contributed by atoms with E-state index in [4.69, 9.17) is 4.74 Å². The van der Waals surface area contributed by atoms with Gasteiger partial charge in [-0.1, -0.05) is 42.5 Å². The minimum Gasteiger partial charge on any atom is -0.506 e. The van der Waals surface area contributed by atoms with Gasteiger partial charge in [0, 0.05) is 32.6 Å². The third-order valence-corrected chi connectivity index (χ3v) is 5.07. The van der Waals surface area contributed by atoms with Crippen molar-refractivity contribution in [2.24, 2.45) is 0 Å². The number of methoxy groups -OCH3 is 1. The van der Waals surface area contributed by atoms with Gasteiger partial charge in [-0.3, -0.25) is 9.69 Å². The summed E-state index contributed by atoms with van der Waals surface area (Å²) in [5, 5.41) is 12.8. The number of benzene rings is 2. The van der Waals surface area contributed by atoms with Crippen molar-refractivity contribution in [3.8, 4) is 5.75 Å². The summed E-state index contributed by atoms with van der Waals surface area (Å²) < 4.78 is 4.85.